The molecule has 9 heteroatoms. The summed E-state index contributed by atoms with van der Waals surface area (Å²) in [6, 6.07) is 8.13. The number of carbonyl (C=O) groups is 1. The molecule has 0 bridgehead atoms. The average Bonchev–Trinajstić information content (AvgIpc) is 3.04. The number of sulfonamides is 1. The van der Waals surface area contributed by atoms with Gasteiger partial charge in [-0.25, -0.2) is 8.42 Å². The number of benzene rings is 1. The van der Waals surface area contributed by atoms with E-state index in [-0.39, 0.29) is 10.8 Å². The lowest BCUT2D eigenvalue weighted by Gasteiger charge is -2.26. The molecule has 6 nitrogen and oxygen atoms in total. The number of halogens is 1. The van der Waals surface area contributed by atoms with Crippen LogP contribution >= 0.6 is 22.9 Å². The van der Waals surface area contributed by atoms with Gasteiger partial charge in [-0.15, -0.1) is 11.3 Å². The molecule has 1 N–H and O–H groups in total. The Morgan fingerprint density at radius 1 is 1.24 bits per heavy atom. The van der Waals surface area contributed by atoms with Crippen molar-refractivity contribution in [3.63, 3.8) is 0 Å². The Kier molecular flexibility index (Phi) is 5.45. The third-order valence-corrected chi connectivity index (χ3v) is 7.10. The minimum absolute atomic E-state index is 0.191. The van der Waals surface area contributed by atoms with E-state index in [9.17, 15) is 13.2 Å². The quantitative estimate of drug-likeness (QED) is 0.856. The zero-order valence-electron chi connectivity index (χ0n) is 13.5. The SMILES string of the molecule is Cc1ccc(NC(=O)c2ccc(Cl)s2)cc1S(=O)(=O)N1CCOCC1. The molecule has 1 aromatic heterocycles. The second-order valence-corrected chi connectivity index (χ2v) is 9.18. The van der Waals surface area contributed by atoms with E-state index in [0.29, 0.717) is 46.8 Å². The Balaban J connectivity index is 1.86. The fourth-order valence-electron chi connectivity index (χ4n) is 2.51. The lowest BCUT2D eigenvalue weighted by Crippen LogP contribution is -2.40. The Bertz CT molecular complexity index is 889. The van der Waals surface area contributed by atoms with Crippen LogP contribution in [0.25, 0.3) is 0 Å². The highest BCUT2D eigenvalue weighted by Crippen LogP contribution is 2.26. The van der Waals surface area contributed by atoms with Crippen molar-refractivity contribution in [3.05, 3.63) is 45.1 Å². The van der Waals surface area contributed by atoms with Crippen molar-refractivity contribution < 1.29 is 17.9 Å². The van der Waals surface area contributed by atoms with Gasteiger partial charge in [-0.1, -0.05) is 17.7 Å². The maximum atomic E-state index is 12.9. The third-order valence-electron chi connectivity index (χ3n) is 3.83. The van der Waals surface area contributed by atoms with Crippen molar-refractivity contribution in [3.8, 4) is 0 Å². The highest BCUT2D eigenvalue weighted by molar-refractivity contribution is 7.89. The highest BCUT2D eigenvalue weighted by atomic mass is 35.5. The van der Waals surface area contributed by atoms with Gasteiger partial charge in [0.25, 0.3) is 5.91 Å². The van der Waals surface area contributed by atoms with E-state index in [1.165, 1.54) is 10.4 Å². The van der Waals surface area contributed by atoms with Gasteiger partial charge < -0.3 is 10.1 Å². The van der Waals surface area contributed by atoms with Gasteiger partial charge in [-0.2, -0.15) is 4.31 Å². The Labute approximate surface area is 155 Å². The lowest BCUT2D eigenvalue weighted by molar-refractivity contribution is 0.0730. The number of ether oxygens (including phenoxy) is 1. The number of nitrogens with zero attached hydrogens (tertiary/aromatic N) is 1. The maximum Gasteiger partial charge on any atom is 0.265 e. The lowest BCUT2D eigenvalue weighted by atomic mass is 10.2. The van der Waals surface area contributed by atoms with E-state index < -0.39 is 10.0 Å². The maximum absolute atomic E-state index is 12.9. The number of aryl methyl sites for hydroxylation is 1. The van der Waals surface area contributed by atoms with Crippen LogP contribution in [0.1, 0.15) is 15.2 Å². The molecule has 1 aliphatic rings. The van der Waals surface area contributed by atoms with Crippen LogP contribution in [0.5, 0.6) is 0 Å². The zero-order chi connectivity index (χ0) is 18.0. The van der Waals surface area contributed by atoms with E-state index in [0.717, 1.165) is 11.3 Å². The molecule has 0 saturated carbocycles. The number of amides is 1. The van der Waals surface area contributed by atoms with Gasteiger partial charge in [-0.3, -0.25) is 4.79 Å². The number of rotatable bonds is 4. The monoisotopic (exact) mass is 400 g/mol. The van der Waals surface area contributed by atoms with Crippen LogP contribution in [0.2, 0.25) is 4.34 Å². The molecular weight excluding hydrogens is 384 g/mol. The first-order valence-corrected chi connectivity index (χ1v) is 10.3. The van der Waals surface area contributed by atoms with E-state index in [2.05, 4.69) is 5.32 Å². The fourth-order valence-corrected chi connectivity index (χ4v) is 5.11. The molecule has 134 valence electrons. The number of morpholine rings is 1. The molecular formula is C16H17ClN2O4S2. The largest absolute Gasteiger partial charge is 0.379 e. The average molecular weight is 401 g/mol. The standard InChI is InChI=1S/C16H17ClN2O4S2/c1-11-2-3-12(18-16(20)13-4-5-15(17)24-13)10-14(11)25(21,22)19-6-8-23-9-7-19/h2-5,10H,6-9H2,1H3,(H,18,20). The fraction of sp³-hybridized carbons (Fsp3) is 0.312. The number of hydrogen-bond acceptors (Lipinski definition) is 5. The normalized spacial score (nSPS) is 15.9. The van der Waals surface area contributed by atoms with Gasteiger partial charge in [0, 0.05) is 18.8 Å². The minimum atomic E-state index is -3.63. The van der Waals surface area contributed by atoms with Gasteiger partial charge >= 0.3 is 0 Å². The molecule has 3 rings (SSSR count). The van der Waals surface area contributed by atoms with Crippen molar-refractivity contribution in [2.75, 3.05) is 31.6 Å². The summed E-state index contributed by atoms with van der Waals surface area (Å²) in [5, 5.41) is 2.72. The second-order valence-electron chi connectivity index (χ2n) is 5.55. The first-order chi connectivity index (χ1) is 11.9. The van der Waals surface area contributed by atoms with E-state index >= 15 is 0 Å². The smallest absolute Gasteiger partial charge is 0.265 e. The molecule has 1 aromatic carbocycles. The highest BCUT2D eigenvalue weighted by Gasteiger charge is 2.28. The van der Waals surface area contributed by atoms with Gasteiger partial charge in [-0.05, 0) is 36.8 Å². The molecule has 25 heavy (non-hydrogen) atoms. The summed E-state index contributed by atoms with van der Waals surface area (Å²) < 4.78 is 32.9. The van der Waals surface area contributed by atoms with Crippen LogP contribution in [-0.2, 0) is 14.8 Å². The summed E-state index contributed by atoms with van der Waals surface area (Å²) in [6.45, 7) is 3.15. The molecule has 0 spiro atoms. The second kappa shape index (κ2) is 7.43. The molecule has 1 amide bonds. The molecule has 1 aliphatic heterocycles. The van der Waals surface area contributed by atoms with Crippen LogP contribution < -0.4 is 5.32 Å². The molecule has 0 aliphatic carbocycles. The zero-order valence-corrected chi connectivity index (χ0v) is 15.9. The van der Waals surface area contributed by atoms with Gasteiger partial charge in [0.2, 0.25) is 10.0 Å². The molecule has 0 atom stereocenters. The van der Waals surface area contributed by atoms with Gasteiger partial charge in [0.15, 0.2) is 0 Å². The van der Waals surface area contributed by atoms with Crippen LogP contribution in [0.3, 0.4) is 0 Å². The van der Waals surface area contributed by atoms with E-state index in [1.54, 1.807) is 31.2 Å². The van der Waals surface area contributed by atoms with E-state index in [1.807, 2.05) is 0 Å². The van der Waals surface area contributed by atoms with Crippen molar-refractivity contribution in [2.45, 2.75) is 11.8 Å². The number of carbonyl (C=O) groups excluding carboxylic acids is 1. The number of nitrogens with one attached hydrogen (secondary N) is 1. The first-order valence-electron chi connectivity index (χ1n) is 7.63. The summed E-state index contributed by atoms with van der Waals surface area (Å²) in [5.74, 6) is -0.324. The Morgan fingerprint density at radius 2 is 1.96 bits per heavy atom. The molecule has 1 saturated heterocycles. The number of thiophene rings is 1. The number of anilines is 1. The summed E-state index contributed by atoms with van der Waals surface area (Å²) in [7, 11) is -3.63. The first kappa shape index (κ1) is 18.3. The summed E-state index contributed by atoms with van der Waals surface area (Å²) >= 11 is 7.01. The molecule has 1 fully saturated rings. The van der Waals surface area contributed by atoms with Crippen molar-refractivity contribution in [2.24, 2.45) is 0 Å². The molecule has 2 heterocycles. The van der Waals surface area contributed by atoms with E-state index in [4.69, 9.17) is 16.3 Å². The summed E-state index contributed by atoms with van der Waals surface area (Å²) in [5.41, 5.74) is 1.05. The van der Waals surface area contributed by atoms with Gasteiger partial charge in [0.1, 0.15) is 0 Å². The van der Waals surface area contributed by atoms with Crippen molar-refractivity contribution in [1.29, 1.82) is 0 Å². The predicted octanol–water partition coefficient (Wildman–Crippen LogP) is 2.98. The van der Waals surface area contributed by atoms with Crippen LogP contribution in [0.4, 0.5) is 5.69 Å². The topological polar surface area (TPSA) is 75.7 Å². The van der Waals surface area contributed by atoms with Crippen LogP contribution in [0, 0.1) is 6.92 Å². The number of hydrogen-bond donors (Lipinski definition) is 1. The van der Waals surface area contributed by atoms with Crippen molar-refractivity contribution in [1.82, 2.24) is 4.31 Å². The molecule has 0 radical (unpaired) electrons. The third kappa shape index (κ3) is 4.04. The van der Waals surface area contributed by atoms with Crippen LogP contribution in [-0.4, -0.2) is 44.9 Å². The minimum Gasteiger partial charge on any atom is -0.379 e. The Morgan fingerprint density at radius 3 is 2.60 bits per heavy atom. The van der Waals surface area contributed by atoms with Gasteiger partial charge in [0.05, 0.1) is 27.3 Å². The molecule has 0 unspecified atom stereocenters. The summed E-state index contributed by atoms with van der Waals surface area (Å²) in [4.78, 5) is 12.9. The van der Waals surface area contributed by atoms with Crippen LogP contribution in [0.15, 0.2) is 35.2 Å². The summed E-state index contributed by atoms with van der Waals surface area (Å²) in [6.07, 6.45) is 0. The Hall–Kier alpha value is -1.45. The predicted molar refractivity (Wildman–Crippen MR) is 98.0 cm³/mol. The molecule has 2 aromatic rings. The van der Waals surface area contributed by atoms with Crippen molar-refractivity contribution >= 4 is 44.6 Å².